The number of hydrogen-bond donors (Lipinski definition) is 2. The van der Waals surface area contributed by atoms with E-state index in [0.717, 1.165) is 0 Å². The van der Waals surface area contributed by atoms with Crippen molar-refractivity contribution in [3.05, 3.63) is 18.7 Å². The highest BCUT2D eigenvalue weighted by atomic mass is 32.2. The Morgan fingerprint density at radius 1 is 1.20 bits per heavy atom. The summed E-state index contributed by atoms with van der Waals surface area (Å²) in [6.07, 6.45) is 11.5. The molecule has 20 heavy (non-hydrogen) atoms. The fourth-order valence-electron chi connectivity index (χ4n) is 2.29. The summed E-state index contributed by atoms with van der Waals surface area (Å²) in [5.74, 6) is 6.35. The molecule has 0 aliphatic heterocycles. The molecule has 0 spiro atoms. The largest absolute Gasteiger partial charge is 0.292 e. The maximum Gasteiger partial charge on any atom is 0.242 e. The number of thioether (sulfide) groups is 1. The van der Waals surface area contributed by atoms with Crippen LogP contribution in [0.3, 0.4) is 0 Å². The van der Waals surface area contributed by atoms with Crippen LogP contribution in [0.4, 0.5) is 5.95 Å². The molecular weight excluding hydrogens is 274 g/mol. The highest BCUT2D eigenvalue weighted by molar-refractivity contribution is 7.99. The molecule has 1 fully saturated rings. The fraction of sp³-hybridized carbons (Fsp3) is 0.500. The van der Waals surface area contributed by atoms with Crippen LogP contribution >= 0.6 is 11.8 Å². The van der Waals surface area contributed by atoms with Crippen molar-refractivity contribution in [1.29, 1.82) is 0 Å². The fourth-order valence-corrected chi connectivity index (χ4v) is 3.43. The molecule has 0 amide bonds. The molecule has 3 rings (SSSR count). The van der Waals surface area contributed by atoms with Gasteiger partial charge in [-0.05, 0) is 12.8 Å². The van der Waals surface area contributed by atoms with Crippen molar-refractivity contribution in [2.75, 3.05) is 5.43 Å². The summed E-state index contributed by atoms with van der Waals surface area (Å²) in [7, 11) is 0. The molecule has 0 unspecified atom stereocenters. The van der Waals surface area contributed by atoms with Gasteiger partial charge in [0.15, 0.2) is 5.16 Å². The van der Waals surface area contributed by atoms with E-state index in [2.05, 4.69) is 25.4 Å². The summed E-state index contributed by atoms with van der Waals surface area (Å²) in [5.41, 5.74) is 2.50. The number of imidazole rings is 1. The van der Waals surface area contributed by atoms with Crippen molar-refractivity contribution in [2.45, 2.75) is 42.5 Å². The van der Waals surface area contributed by atoms with Crippen LogP contribution in [-0.4, -0.2) is 29.8 Å². The standard InChI is InChI=1S/C12H17N7S/c13-18-10-15-11(19-7-6-14-8-19)17-12(16-10)20-9-4-2-1-3-5-9/h6-9H,1-5,13H2,(H,15,16,17,18). The third kappa shape index (κ3) is 3.07. The van der Waals surface area contributed by atoms with Gasteiger partial charge in [0.25, 0.3) is 0 Å². The van der Waals surface area contributed by atoms with Gasteiger partial charge < -0.3 is 0 Å². The monoisotopic (exact) mass is 291 g/mol. The molecule has 1 saturated carbocycles. The minimum absolute atomic E-state index is 0.377. The molecule has 0 atom stereocenters. The molecule has 1 aliphatic carbocycles. The summed E-state index contributed by atoms with van der Waals surface area (Å²) < 4.78 is 1.74. The Kier molecular flexibility index (Phi) is 4.12. The lowest BCUT2D eigenvalue weighted by Gasteiger charge is -2.20. The summed E-state index contributed by atoms with van der Waals surface area (Å²) in [6, 6.07) is 0. The van der Waals surface area contributed by atoms with Gasteiger partial charge in [0.1, 0.15) is 6.33 Å². The molecule has 8 heteroatoms. The van der Waals surface area contributed by atoms with Gasteiger partial charge in [0, 0.05) is 17.6 Å². The molecule has 2 aromatic rings. The normalized spacial score (nSPS) is 16.2. The van der Waals surface area contributed by atoms with E-state index in [1.165, 1.54) is 32.1 Å². The Balaban J connectivity index is 1.84. The highest BCUT2D eigenvalue weighted by Crippen LogP contribution is 2.32. The Bertz CT molecular complexity index is 551. The number of nitrogens with two attached hydrogens (primary N) is 1. The highest BCUT2D eigenvalue weighted by Gasteiger charge is 2.17. The van der Waals surface area contributed by atoms with Crippen molar-refractivity contribution >= 4 is 17.7 Å². The lowest BCUT2D eigenvalue weighted by Crippen LogP contribution is -2.15. The predicted octanol–water partition coefficient (Wildman–Crippen LogP) is 1.77. The zero-order valence-electron chi connectivity index (χ0n) is 11.1. The quantitative estimate of drug-likeness (QED) is 0.654. The Morgan fingerprint density at radius 2 is 2.05 bits per heavy atom. The molecule has 1 aliphatic rings. The zero-order chi connectivity index (χ0) is 13.8. The molecule has 3 N–H and O–H groups in total. The van der Waals surface area contributed by atoms with E-state index in [-0.39, 0.29) is 0 Å². The van der Waals surface area contributed by atoms with Gasteiger partial charge in [0.2, 0.25) is 11.9 Å². The maximum absolute atomic E-state index is 5.44. The van der Waals surface area contributed by atoms with E-state index >= 15 is 0 Å². The minimum atomic E-state index is 0.377. The lowest BCUT2D eigenvalue weighted by molar-refractivity contribution is 0.515. The Labute approximate surface area is 121 Å². The molecule has 2 heterocycles. The predicted molar refractivity (Wildman–Crippen MR) is 77.5 cm³/mol. The molecule has 0 aromatic carbocycles. The van der Waals surface area contributed by atoms with Crippen molar-refractivity contribution < 1.29 is 0 Å². The van der Waals surface area contributed by atoms with Crippen LogP contribution < -0.4 is 11.3 Å². The first kappa shape index (κ1) is 13.3. The first-order valence-corrected chi connectivity index (χ1v) is 7.61. The smallest absolute Gasteiger partial charge is 0.242 e. The second-order valence-corrected chi connectivity index (χ2v) is 6.00. The van der Waals surface area contributed by atoms with Crippen LogP contribution in [0.15, 0.2) is 23.9 Å². The van der Waals surface area contributed by atoms with Crippen LogP contribution in [0.1, 0.15) is 32.1 Å². The summed E-state index contributed by atoms with van der Waals surface area (Å²) in [4.78, 5) is 17.1. The SMILES string of the molecule is NNc1nc(SC2CCCCC2)nc(-n2ccnc2)n1. The number of nitrogens with zero attached hydrogens (tertiary/aromatic N) is 5. The summed E-state index contributed by atoms with van der Waals surface area (Å²) >= 11 is 1.71. The number of nitrogens with one attached hydrogen (secondary N) is 1. The van der Waals surface area contributed by atoms with E-state index < -0.39 is 0 Å². The number of rotatable bonds is 4. The summed E-state index contributed by atoms with van der Waals surface area (Å²) in [5, 5.41) is 1.30. The molecule has 0 radical (unpaired) electrons. The van der Waals surface area contributed by atoms with E-state index in [9.17, 15) is 0 Å². The number of hydrogen-bond acceptors (Lipinski definition) is 7. The van der Waals surface area contributed by atoms with Crippen molar-refractivity contribution in [3.63, 3.8) is 0 Å². The van der Waals surface area contributed by atoms with Gasteiger partial charge in [-0.15, -0.1) is 0 Å². The number of hydrazine groups is 1. The van der Waals surface area contributed by atoms with Crippen LogP contribution in [0.25, 0.3) is 5.95 Å². The minimum Gasteiger partial charge on any atom is -0.292 e. The third-order valence-electron chi connectivity index (χ3n) is 3.29. The third-order valence-corrected chi connectivity index (χ3v) is 4.49. The van der Waals surface area contributed by atoms with Crippen LogP contribution in [0.2, 0.25) is 0 Å². The molecule has 106 valence electrons. The molecule has 0 saturated heterocycles. The zero-order valence-corrected chi connectivity index (χ0v) is 11.9. The van der Waals surface area contributed by atoms with Gasteiger partial charge in [-0.25, -0.2) is 10.8 Å². The average molecular weight is 291 g/mol. The average Bonchev–Trinajstić information content (AvgIpc) is 3.02. The van der Waals surface area contributed by atoms with Gasteiger partial charge in [0.05, 0.1) is 0 Å². The van der Waals surface area contributed by atoms with Gasteiger partial charge in [-0.3, -0.25) is 9.99 Å². The van der Waals surface area contributed by atoms with E-state index in [4.69, 9.17) is 5.84 Å². The van der Waals surface area contributed by atoms with Gasteiger partial charge in [-0.1, -0.05) is 31.0 Å². The molecule has 7 nitrogen and oxygen atoms in total. The van der Waals surface area contributed by atoms with Crippen molar-refractivity contribution in [2.24, 2.45) is 5.84 Å². The van der Waals surface area contributed by atoms with E-state index in [1.807, 2.05) is 0 Å². The number of anilines is 1. The number of nitrogen functional groups attached to an aromatic ring is 1. The molecular formula is C12H17N7S. The maximum atomic E-state index is 5.44. The first-order chi connectivity index (χ1) is 9.85. The second kappa shape index (κ2) is 6.19. The first-order valence-electron chi connectivity index (χ1n) is 6.73. The lowest BCUT2D eigenvalue weighted by atomic mass is 10.0. The van der Waals surface area contributed by atoms with E-state index in [0.29, 0.717) is 22.3 Å². The molecule has 2 aromatic heterocycles. The topological polar surface area (TPSA) is 94.5 Å². The van der Waals surface area contributed by atoms with Crippen molar-refractivity contribution in [3.8, 4) is 5.95 Å². The number of aromatic nitrogens is 5. The van der Waals surface area contributed by atoms with Gasteiger partial charge in [-0.2, -0.15) is 15.0 Å². The second-order valence-electron chi connectivity index (χ2n) is 4.73. The van der Waals surface area contributed by atoms with Crippen molar-refractivity contribution in [1.82, 2.24) is 24.5 Å². The van der Waals surface area contributed by atoms with Gasteiger partial charge >= 0.3 is 0 Å². The van der Waals surface area contributed by atoms with E-state index in [1.54, 1.807) is 35.0 Å². The van der Waals surface area contributed by atoms with Crippen LogP contribution in [0.5, 0.6) is 0 Å². The summed E-state index contributed by atoms with van der Waals surface area (Å²) in [6.45, 7) is 0. The molecule has 0 bridgehead atoms. The van der Waals surface area contributed by atoms with Crippen LogP contribution in [0, 0.1) is 0 Å². The Hall–Kier alpha value is -1.67. The Morgan fingerprint density at radius 3 is 2.75 bits per heavy atom. The van der Waals surface area contributed by atoms with Crippen LogP contribution in [-0.2, 0) is 0 Å².